The molecule has 1 amide bonds. The lowest BCUT2D eigenvalue weighted by molar-refractivity contribution is 0.0565. The molecule has 128 valence electrons. The number of aromatic nitrogens is 1. The molecule has 2 atom stereocenters. The Kier molecular flexibility index (Phi) is 5.63. The van der Waals surface area contributed by atoms with Crippen LogP contribution < -0.4 is 10.2 Å². The van der Waals surface area contributed by atoms with Crippen LogP contribution in [0.15, 0.2) is 18.3 Å². The maximum atomic E-state index is 12.8. The third-order valence-corrected chi connectivity index (χ3v) is 4.10. The average molecular weight is 319 g/mol. The number of hydrogen-bond donors (Lipinski definition) is 1. The van der Waals surface area contributed by atoms with Gasteiger partial charge in [-0.2, -0.15) is 0 Å². The molecule has 5 nitrogen and oxygen atoms in total. The number of carbonyl (C=O) groups excluding carboxylic acids is 1. The minimum atomic E-state index is -0.524. The number of nitrogens with zero attached hydrogens (tertiary/aromatic N) is 2. The molecule has 5 heteroatoms. The van der Waals surface area contributed by atoms with Crippen molar-refractivity contribution >= 4 is 11.9 Å². The van der Waals surface area contributed by atoms with Crippen molar-refractivity contribution in [1.29, 1.82) is 0 Å². The van der Waals surface area contributed by atoms with E-state index in [1.54, 1.807) is 11.1 Å². The monoisotopic (exact) mass is 319 g/mol. The maximum Gasteiger partial charge on any atom is 0.416 e. The van der Waals surface area contributed by atoms with E-state index < -0.39 is 5.60 Å². The Bertz CT molecular complexity index is 533. The molecule has 2 heterocycles. The molecule has 1 aromatic rings. The van der Waals surface area contributed by atoms with Gasteiger partial charge in [0.25, 0.3) is 0 Å². The third kappa shape index (κ3) is 4.44. The van der Waals surface area contributed by atoms with Crippen LogP contribution >= 0.6 is 0 Å². The van der Waals surface area contributed by atoms with E-state index in [0.717, 1.165) is 37.2 Å². The first-order valence-electron chi connectivity index (χ1n) is 8.54. The second kappa shape index (κ2) is 7.30. The molecule has 1 aromatic heterocycles. The van der Waals surface area contributed by atoms with Crippen LogP contribution in [0, 0.1) is 0 Å². The second-order valence-electron chi connectivity index (χ2n) is 7.17. The molecule has 1 saturated heterocycles. The van der Waals surface area contributed by atoms with Gasteiger partial charge in [0, 0.05) is 23.8 Å². The fraction of sp³-hybridized carbons (Fsp3) is 0.667. The summed E-state index contributed by atoms with van der Waals surface area (Å²) < 4.78 is 5.62. The highest BCUT2D eigenvalue weighted by Crippen LogP contribution is 2.32. The highest BCUT2D eigenvalue weighted by atomic mass is 16.6. The molecule has 0 spiro atoms. The predicted molar refractivity (Wildman–Crippen MR) is 92.7 cm³/mol. The number of anilines is 1. The van der Waals surface area contributed by atoms with Gasteiger partial charge in [-0.1, -0.05) is 13.0 Å². The average Bonchev–Trinajstić information content (AvgIpc) is 3.00. The molecule has 0 unspecified atom stereocenters. The van der Waals surface area contributed by atoms with E-state index in [1.807, 2.05) is 33.8 Å². The largest absolute Gasteiger partial charge is 0.443 e. The summed E-state index contributed by atoms with van der Waals surface area (Å²) in [7, 11) is 0. The number of pyridine rings is 1. The standard InChI is InChI=1S/C18H29N3O2/c1-6-13(2)21(17(22)23-18(3,4)5)16-14(9-7-12-20-16)15-10-8-11-19-15/h7,9,12-13,15,19H,6,8,10-11H2,1-5H3/t13-,15-/m0/s1. The molecule has 1 fully saturated rings. The van der Waals surface area contributed by atoms with E-state index in [2.05, 4.69) is 23.3 Å². The Morgan fingerprint density at radius 2 is 2.26 bits per heavy atom. The first-order valence-corrected chi connectivity index (χ1v) is 8.54. The van der Waals surface area contributed by atoms with Crippen molar-refractivity contribution in [2.75, 3.05) is 11.4 Å². The summed E-state index contributed by atoms with van der Waals surface area (Å²) in [5, 5.41) is 3.49. The summed E-state index contributed by atoms with van der Waals surface area (Å²) in [5.74, 6) is 0.718. The quantitative estimate of drug-likeness (QED) is 0.910. The Labute approximate surface area is 139 Å². The zero-order valence-electron chi connectivity index (χ0n) is 14.9. The maximum absolute atomic E-state index is 12.8. The molecule has 1 N–H and O–H groups in total. The third-order valence-electron chi connectivity index (χ3n) is 4.10. The number of carbonyl (C=O) groups is 1. The van der Waals surface area contributed by atoms with Crippen LogP contribution in [0.3, 0.4) is 0 Å². The van der Waals surface area contributed by atoms with E-state index in [0.29, 0.717) is 0 Å². The lowest BCUT2D eigenvalue weighted by atomic mass is 10.0. The van der Waals surface area contributed by atoms with Crippen molar-refractivity contribution in [3.63, 3.8) is 0 Å². The van der Waals surface area contributed by atoms with Crippen molar-refractivity contribution in [3.8, 4) is 0 Å². The Morgan fingerprint density at radius 3 is 2.83 bits per heavy atom. The van der Waals surface area contributed by atoms with Crippen LogP contribution in [0.4, 0.5) is 10.6 Å². The fourth-order valence-electron chi connectivity index (χ4n) is 2.80. The van der Waals surface area contributed by atoms with Gasteiger partial charge in [0.05, 0.1) is 0 Å². The Morgan fingerprint density at radius 1 is 1.52 bits per heavy atom. The molecule has 0 saturated carbocycles. The van der Waals surface area contributed by atoms with Crippen LogP contribution in [0.25, 0.3) is 0 Å². The summed E-state index contributed by atoms with van der Waals surface area (Å²) in [6, 6.07) is 4.28. The van der Waals surface area contributed by atoms with Crippen molar-refractivity contribution < 1.29 is 9.53 Å². The molecule has 0 aliphatic carbocycles. The Balaban J connectivity index is 2.37. The molecule has 1 aliphatic rings. The molecular formula is C18H29N3O2. The summed E-state index contributed by atoms with van der Waals surface area (Å²) in [6.45, 7) is 10.8. The van der Waals surface area contributed by atoms with Gasteiger partial charge in [-0.15, -0.1) is 0 Å². The van der Waals surface area contributed by atoms with E-state index in [-0.39, 0.29) is 18.2 Å². The number of rotatable bonds is 4. The summed E-state index contributed by atoms with van der Waals surface area (Å²) in [6.07, 6.45) is 4.47. The van der Waals surface area contributed by atoms with E-state index in [1.165, 1.54) is 0 Å². The SMILES string of the molecule is CC[C@H](C)N(C(=O)OC(C)(C)C)c1ncccc1[C@@H]1CCCN1. The van der Waals surface area contributed by atoms with Gasteiger partial charge in [0.15, 0.2) is 0 Å². The molecular weight excluding hydrogens is 290 g/mol. The van der Waals surface area contributed by atoms with E-state index in [4.69, 9.17) is 4.74 Å². The van der Waals surface area contributed by atoms with Crippen molar-refractivity contribution in [2.24, 2.45) is 0 Å². The van der Waals surface area contributed by atoms with Crippen molar-refractivity contribution in [3.05, 3.63) is 23.9 Å². The summed E-state index contributed by atoms with van der Waals surface area (Å²) >= 11 is 0. The highest BCUT2D eigenvalue weighted by Gasteiger charge is 2.31. The minimum Gasteiger partial charge on any atom is -0.443 e. The van der Waals surface area contributed by atoms with Gasteiger partial charge < -0.3 is 10.1 Å². The van der Waals surface area contributed by atoms with Crippen molar-refractivity contribution in [2.45, 2.75) is 71.6 Å². The smallest absolute Gasteiger partial charge is 0.416 e. The van der Waals surface area contributed by atoms with Gasteiger partial charge in [-0.3, -0.25) is 4.90 Å². The molecule has 0 aromatic carbocycles. The predicted octanol–water partition coefficient (Wildman–Crippen LogP) is 4.05. The molecule has 23 heavy (non-hydrogen) atoms. The zero-order valence-corrected chi connectivity index (χ0v) is 14.9. The minimum absolute atomic E-state index is 0.0277. The lowest BCUT2D eigenvalue weighted by Gasteiger charge is -2.32. The lowest BCUT2D eigenvalue weighted by Crippen LogP contribution is -2.43. The molecule has 2 rings (SSSR count). The van der Waals surface area contributed by atoms with Gasteiger partial charge in [-0.05, 0) is 59.6 Å². The number of ether oxygens (including phenoxy) is 1. The molecule has 1 aliphatic heterocycles. The number of amides is 1. The second-order valence-corrected chi connectivity index (χ2v) is 7.17. The first-order chi connectivity index (χ1) is 10.8. The number of hydrogen-bond acceptors (Lipinski definition) is 4. The highest BCUT2D eigenvalue weighted by molar-refractivity contribution is 5.88. The van der Waals surface area contributed by atoms with E-state index in [9.17, 15) is 4.79 Å². The summed E-state index contributed by atoms with van der Waals surface area (Å²) in [4.78, 5) is 19.0. The first kappa shape index (κ1) is 17.7. The van der Waals surface area contributed by atoms with Gasteiger partial charge in [-0.25, -0.2) is 9.78 Å². The van der Waals surface area contributed by atoms with Crippen LogP contribution in [0.2, 0.25) is 0 Å². The number of nitrogens with one attached hydrogen (secondary N) is 1. The zero-order chi connectivity index (χ0) is 17.0. The van der Waals surface area contributed by atoms with Gasteiger partial charge in [0.1, 0.15) is 11.4 Å². The fourth-order valence-corrected chi connectivity index (χ4v) is 2.80. The molecule has 0 radical (unpaired) electrons. The van der Waals surface area contributed by atoms with Gasteiger partial charge >= 0.3 is 6.09 Å². The van der Waals surface area contributed by atoms with E-state index >= 15 is 0 Å². The molecule has 0 bridgehead atoms. The van der Waals surface area contributed by atoms with Crippen molar-refractivity contribution in [1.82, 2.24) is 10.3 Å². The van der Waals surface area contributed by atoms with Crippen LogP contribution in [0.1, 0.15) is 65.5 Å². The normalized spacial score (nSPS) is 19.4. The summed E-state index contributed by atoms with van der Waals surface area (Å²) in [5.41, 5.74) is 0.555. The van der Waals surface area contributed by atoms with Crippen LogP contribution in [-0.4, -0.2) is 29.3 Å². The Hall–Kier alpha value is -1.62. The van der Waals surface area contributed by atoms with Gasteiger partial charge in [0.2, 0.25) is 0 Å². The van der Waals surface area contributed by atoms with Crippen LogP contribution in [-0.2, 0) is 4.74 Å². The topological polar surface area (TPSA) is 54.5 Å². The van der Waals surface area contributed by atoms with Crippen LogP contribution in [0.5, 0.6) is 0 Å².